The van der Waals surface area contributed by atoms with Crippen LogP contribution in [-0.2, 0) is 11.2 Å². The number of guanidine groups is 1. The number of benzene rings is 1. The summed E-state index contributed by atoms with van der Waals surface area (Å²) >= 11 is 0. The van der Waals surface area contributed by atoms with Crippen LogP contribution in [-0.4, -0.2) is 62.8 Å². The van der Waals surface area contributed by atoms with Crippen molar-refractivity contribution < 1.29 is 4.74 Å². The molecule has 0 saturated carbocycles. The van der Waals surface area contributed by atoms with Gasteiger partial charge in [0.2, 0.25) is 0 Å². The predicted molar refractivity (Wildman–Crippen MR) is 116 cm³/mol. The molecule has 1 unspecified atom stereocenters. The summed E-state index contributed by atoms with van der Waals surface area (Å²) in [5.74, 6) is 0.908. The number of aliphatic imine (C=N–C) groups is 1. The maximum Gasteiger partial charge on any atom is 0.191 e. The summed E-state index contributed by atoms with van der Waals surface area (Å²) in [7, 11) is 0. The average molecular weight is 460 g/mol. The lowest BCUT2D eigenvalue weighted by Gasteiger charge is -2.31. The third kappa shape index (κ3) is 8.37. The second-order valence-electron chi connectivity index (χ2n) is 6.38. The molecule has 1 aliphatic heterocycles. The van der Waals surface area contributed by atoms with E-state index >= 15 is 0 Å². The molecule has 2 N–H and O–H groups in total. The minimum atomic E-state index is 0. The van der Waals surface area contributed by atoms with Gasteiger partial charge in [-0.2, -0.15) is 0 Å². The molecular formula is C19H33IN4O. The SMILES string of the molecule is CCNC(=NCC(C)N1CCOCC1)NCCc1cccc(C)c1.I. The van der Waals surface area contributed by atoms with E-state index in [1.54, 1.807) is 0 Å². The van der Waals surface area contributed by atoms with Gasteiger partial charge in [-0.05, 0) is 32.8 Å². The third-order valence-electron chi connectivity index (χ3n) is 4.32. The molecule has 0 bridgehead atoms. The van der Waals surface area contributed by atoms with Crippen LogP contribution < -0.4 is 10.6 Å². The van der Waals surface area contributed by atoms with Crippen LogP contribution >= 0.6 is 24.0 Å². The van der Waals surface area contributed by atoms with Crippen molar-refractivity contribution in [3.63, 3.8) is 0 Å². The molecule has 0 aromatic heterocycles. The molecule has 25 heavy (non-hydrogen) atoms. The molecule has 1 aliphatic rings. The van der Waals surface area contributed by atoms with Crippen LogP contribution in [0.3, 0.4) is 0 Å². The lowest BCUT2D eigenvalue weighted by molar-refractivity contribution is 0.0220. The van der Waals surface area contributed by atoms with Crippen molar-refractivity contribution in [3.8, 4) is 0 Å². The second-order valence-corrected chi connectivity index (χ2v) is 6.38. The molecule has 1 aromatic carbocycles. The van der Waals surface area contributed by atoms with Crippen LogP contribution in [0.4, 0.5) is 0 Å². The number of hydrogen-bond donors (Lipinski definition) is 2. The van der Waals surface area contributed by atoms with E-state index in [4.69, 9.17) is 9.73 Å². The number of hydrogen-bond acceptors (Lipinski definition) is 3. The first-order valence-corrected chi connectivity index (χ1v) is 9.08. The Balaban J connectivity index is 0.00000312. The number of rotatable bonds is 7. The molecule has 0 radical (unpaired) electrons. The summed E-state index contributed by atoms with van der Waals surface area (Å²) in [6.45, 7) is 12.7. The molecular weight excluding hydrogens is 427 g/mol. The normalized spacial score (nSPS) is 16.8. The van der Waals surface area contributed by atoms with E-state index in [1.165, 1.54) is 11.1 Å². The van der Waals surface area contributed by atoms with Gasteiger partial charge in [-0.25, -0.2) is 0 Å². The number of halogens is 1. The highest BCUT2D eigenvalue weighted by molar-refractivity contribution is 14.0. The molecule has 0 amide bonds. The van der Waals surface area contributed by atoms with Crippen LogP contribution in [0, 0.1) is 6.92 Å². The standard InChI is InChI=1S/C19H32N4O.HI/c1-4-20-19(21-9-8-18-7-5-6-16(2)14-18)22-15-17(3)23-10-12-24-13-11-23;/h5-7,14,17H,4,8-13,15H2,1-3H3,(H2,20,21,22);1H. The molecule has 1 saturated heterocycles. The molecule has 0 spiro atoms. The number of nitrogens with one attached hydrogen (secondary N) is 2. The molecule has 1 fully saturated rings. The quantitative estimate of drug-likeness (QED) is 0.373. The zero-order valence-corrected chi connectivity index (χ0v) is 18.1. The maximum absolute atomic E-state index is 5.42. The maximum atomic E-state index is 5.42. The molecule has 142 valence electrons. The Bertz CT molecular complexity index is 518. The third-order valence-corrected chi connectivity index (χ3v) is 4.32. The number of ether oxygens (including phenoxy) is 1. The van der Waals surface area contributed by atoms with Gasteiger partial charge in [0.25, 0.3) is 0 Å². The van der Waals surface area contributed by atoms with Gasteiger partial charge < -0.3 is 15.4 Å². The van der Waals surface area contributed by atoms with Gasteiger partial charge in [-0.1, -0.05) is 29.8 Å². The van der Waals surface area contributed by atoms with E-state index < -0.39 is 0 Å². The van der Waals surface area contributed by atoms with Crippen LogP contribution in [0.25, 0.3) is 0 Å². The molecule has 0 aliphatic carbocycles. The first-order valence-electron chi connectivity index (χ1n) is 9.08. The molecule has 6 heteroatoms. The number of nitrogens with zero attached hydrogens (tertiary/aromatic N) is 2. The lowest BCUT2D eigenvalue weighted by Crippen LogP contribution is -2.44. The lowest BCUT2D eigenvalue weighted by atomic mass is 10.1. The highest BCUT2D eigenvalue weighted by atomic mass is 127. The Kier molecular flexibility index (Phi) is 11.1. The van der Waals surface area contributed by atoms with Crippen molar-refractivity contribution in [2.75, 3.05) is 45.9 Å². The predicted octanol–water partition coefficient (Wildman–Crippen LogP) is 2.43. The van der Waals surface area contributed by atoms with Crippen molar-refractivity contribution in [1.29, 1.82) is 0 Å². The van der Waals surface area contributed by atoms with Gasteiger partial charge in [0, 0.05) is 32.2 Å². The van der Waals surface area contributed by atoms with E-state index in [-0.39, 0.29) is 24.0 Å². The van der Waals surface area contributed by atoms with E-state index in [0.29, 0.717) is 6.04 Å². The van der Waals surface area contributed by atoms with Crippen LogP contribution in [0.2, 0.25) is 0 Å². The van der Waals surface area contributed by atoms with Crippen molar-refractivity contribution in [2.45, 2.75) is 33.2 Å². The highest BCUT2D eigenvalue weighted by Crippen LogP contribution is 2.05. The summed E-state index contributed by atoms with van der Waals surface area (Å²) in [5.41, 5.74) is 2.67. The largest absolute Gasteiger partial charge is 0.379 e. The Labute approximate surface area is 169 Å². The Morgan fingerprint density at radius 1 is 1.28 bits per heavy atom. The Hall–Kier alpha value is -0.860. The van der Waals surface area contributed by atoms with E-state index in [9.17, 15) is 0 Å². The first kappa shape index (κ1) is 22.2. The van der Waals surface area contributed by atoms with Gasteiger partial charge in [-0.3, -0.25) is 9.89 Å². The van der Waals surface area contributed by atoms with Crippen molar-refractivity contribution >= 4 is 29.9 Å². The highest BCUT2D eigenvalue weighted by Gasteiger charge is 2.16. The fourth-order valence-electron chi connectivity index (χ4n) is 2.89. The number of aryl methyl sites for hydroxylation is 1. The fourth-order valence-corrected chi connectivity index (χ4v) is 2.89. The van der Waals surface area contributed by atoms with Crippen LogP contribution in [0.15, 0.2) is 29.3 Å². The van der Waals surface area contributed by atoms with Crippen molar-refractivity contribution in [1.82, 2.24) is 15.5 Å². The molecule has 2 rings (SSSR count). The van der Waals surface area contributed by atoms with Crippen LogP contribution in [0.5, 0.6) is 0 Å². The zero-order chi connectivity index (χ0) is 17.2. The summed E-state index contributed by atoms with van der Waals surface area (Å²) in [4.78, 5) is 7.20. The van der Waals surface area contributed by atoms with E-state index in [1.807, 2.05) is 0 Å². The van der Waals surface area contributed by atoms with Crippen molar-refractivity contribution in [3.05, 3.63) is 35.4 Å². The first-order chi connectivity index (χ1) is 11.7. The average Bonchev–Trinajstić information content (AvgIpc) is 2.60. The van der Waals surface area contributed by atoms with Crippen molar-refractivity contribution in [2.24, 2.45) is 4.99 Å². The van der Waals surface area contributed by atoms with Gasteiger partial charge in [-0.15, -0.1) is 24.0 Å². The van der Waals surface area contributed by atoms with E-state index in [0.717, 1.165) is 58.3 Å². The minimum Gasteiger partial charge on any atom is -0.379 e. The molecule has 1 aromatic rings. The smallest absolute Gasteiger partial charge is 0.191 e. The monoisotopic (exact) mass is 460 g/mol. The van der Waals surface area contributed by atoms with Crippen LogP contribution in [0.1, 0.15) is 25.0 Å². The van der Waals surface area contributed by atoms with Gasteiger partial charge in [0.05, 0.1) is 19.8 Å². The number of morpholine rings is 1. The summed E-state index contributed by atoms with van der Waals surface area (Å²) in [6.07, 6.45) is 1.01. The topological polar surface area (TPSA) is 48.9 Å². The molecule has 5 nitrogen and oxygen atoms in total. The molecule has 1 atom stereocenters. The van der Waals surface area contributed by atoms with Gasteiger partial charge >= 0.3 is 0 Å². The van der Waals surface area contributed by atoms with Gasteiger partial charge in [0.15, 0.2) is 5.96 Å². The summed E-state index contributed by atoms with van der Waals surface area (Å²) < 4.78 is 5.42. The van der Waals surface area contributed by atoms with Gasteiger partial charge in [0.1, 0.15) is 0 Å². The molecule has 1 heterocycles. The minimum absolute atomic E-state index is 0. The Morgan fingerprint density at radius 3 is 2.72 bits per heavy atom. The summed E-state index contributed by atoms with van der Waals surface area (Å²) in [5, 5.41) is 6.78. The Morgan fingerprint density at radius 2 is 2.04 bits per heavy atom. The zero-order valence-electron chi connectivity index (χ0n) is 15.8. The van der Waals surface area contributed by atoms with E-state index in [2.05, 4.69) is 60.6 Å². The summed E-state index contributed by atoms with van der Waals surface area (Å²) in [6, 6.07) is 9.12. The second kappa shape index (κ2) is 12.5. The fraction of sp³-hybridized carbons (Fsp3) is 0.632.